The number of nitrogens with zero attached hydrogens (tertiary/aromatic N) is 2. The Bertz CT molecular complexity index is 621. The van der Waals surface area contributed by atoms with Crippen molar-refractivity contribution in [3.63, 3.8) is 0 Å². The summed E-state index contributed by atoms with van der Waals surface area (Å²) in [6, 6.07) is 2.04. The number of nitro groups is 1. The van der Waals surface area contributed by atoms with Crippen molar-refractivity contribution in [2.45, 2.75) is 12.8 Å². The largest absolute Gasteiger partial charge is 0.379 e. The topological polar surface area (TPSA) is 68.1 Å². The number of rotatable bonds is 5. The van der Waals surface area contributed by atoms with Gasteiger partial charge in [0.1, 0.15) is 11.5 Å². The first-order chi connectivity index (χ1) is 9.49. The SMILES string of the molecule is CC(CNc1cc(Cl)c(F)cc1[N+](=O)[O-])c1nccs1. The monoisotopic (exact) mass is 315 g/mol. The van der Waals surface area contributed by atoms with Crippen molar-refractivity contribution in [1.82, 2.24) is 4.98 Å². The van der Waals surface area contributed by atoms with Crippen LogP contribution in [-0.4, -0.2) is 16.5 Å². The van der Waals surface area contributed by atoms with E-state index in [1.165, 1.54) is 17.4 Å². The third-order valence-corrected chi connectivity index (χ3v) is 4.00. The van der Waals surface area contributed by atoms with E-state index in [0.29, 0.717) is 6.54 Å². The second-order valence-corrected chi connectivity index (χ2v) is 5.53. The van der Waals surface area contributed by atoms with Gasteiger partial charge >= 0.3 is 0 Å². The van der Waals surface area contributed by atoms with Crippen molar-refractivity contribution >= 4 is 34.3 Å². The molecule has 1 atom stereocenters. The van der Waals surface area contributed by atoms with Crippen molar-refractivity contribution in [3.05, 3.63) is 49.7 Å². The molecule has 20 heavy (non-hydrogen) atoms. The maximum absolute atomic E-state index is 13.3. The minimum atomic E-state index is -0.808. The second-order valence-electron chi connectivity index (χ2n) is 4.19. The lowest BCUT2D eigenvalue weighted by Gasteiger charge is -2.12. The summed E-state index contributed by atoms with van der Waals surface area (Å²) >= 11 is 7.17. The van der Waals surface area contributed by atoms with Crippen LogP contribution in [0.15, 0.2) is 23.7 Å². The highest BCUT2D eigenvalue weighted by Crippen LogP contribution is 2.31. The zero-order valence-electron chi connectivity index (χ0n) is 10.5. The van der Waals surface area contributed by atoms with E-state index < -0.39 is 10.7 Å². The predicted octanol–water partition coefficient (Wildman–Crippen LogP) is 4.06. The minimum Gasteiger partial charge on any atom is -0.379 e. The van der Waals surface area contributed by atoms with Gasteiger partial charge in [0.2, 0.25) is 0 Å². The van der Waals surface area contributed by atoms with Gasteiger partial charge < -0.3 is 5.32 Å². The molecule has 0 saturated heterocycles. The van der Waals surface area contributed by atoms with E-state index in [2.05, 4.69) is 10.3 Å². The first kappa shape index (κ1) is 14.7. The Kier molecular flexibility index (Phi) is 4.51. The standard InChI is InChI=1S/C12H11ClFN3O2S/c1-7(12-15-2-3-20-12)6-16-10-4-8(13)9(14)5-11(10)17(18)19/h2-5,7,16H,6H2,1H3. The summed E-state index contributed by atoms with van der Waals surface area (Å²) in [4.78, 5) is 14.4. The van der Waals surface area contributed by atoms with Gasteiger partial charge in [0.15, 0.2) is 0 Å². The Hall–Kier alpha value is -1.73. The average molecular weight is 316 g/mol. The molecule has 2 rings (SSSR count). The number of thiazole rings is 1. The zero-order chi connectivity index (χ0) is 14.7. The van der Waals surface area contributed by atoms with Gasteiger partial charge in [-0.1, -0.05) is 18.5 Å². The molecule has 1 unspecified atom stereocenters. The zero-order valence-corrected chi connectivity index (χ0v) is 12.0. The summed E-state index contributed by atoms with van der Waals surface area (Å²) in [6.45, 7) is 2.39. The van der Waals surface area contributed by atoms with Crippen molar-refractivity contribution in [2.75, 3.05) is 11.9 Å². The van der Waals surface area contributed by atoms with E-state index >= 15 is 0 Å². The Balaban J connectivity index is 2.16. The number of hydrogen-bond acceptors (Lipinski definition) is 5. The van der Waals surface area contributed by atoms with Gasteiger partial charge in [-0.05, 0) is 6.07 Å². The van der Waals surface area contributed by atoms with Gasteiger partial charge in [-0.2, -0.15) is 0 Å². The molecule has 1 N–H and O–H groups in total. The Morgan fingerprint density at radius 1 is 1.60 bits per heavy atom. The van der Waals surface area contributed by atoms with Crippen LogP contribution in [0.3, 0.4) is 0 Å². The van der Waals surface area contributed by atoms with Gasteiger partial charge in [-0.25, -0.2) is 9.37 Å². The Morgan fingerprint density at radius 3 is 2.95 bits per heavy atom. The Labute approximate surface area is 123 Å². The maximum Gasteiger partial charge on any atom is 0.295 e. The van der Waals surface area contributed by atoms with Crippen LogP contribution in [0.25, 0.3) is 0 Å². The molecule has 0 fully saturated rings. The molecule has 0 aliphatic heterocycles. The molecule has 8 heteroatoms. The fraction of sp³-hybridized carbons (Fsp3) is 0.250. The summed E-state index contributed by atoms with van der Waals surface area (Å²) in [5.41, 5.74) is -0.136. The maximum atomic E-state index is 13.3. The van der Waals surface area contributed by atoms with Gasteiger partial charge in [-0.3, -0.25) is 10.1 Å². The normalized spacial score (nSPS) is 12.2. The fourth-order valence-corrected chi connectivity index (χ4v) is 2.52. The molecule has 0 aliphatic carbocycles. The summed E-state index contributed by atoms with van der Waals surface area (Å²) in [5.74, 6) is -0.727. The number of nitrogens with one attached hydrogen (secondary N) is 1. The third kappa shape index (κ3) is 3.23. The van der Waals surface area contributed by atoms with E-state index in [-0.39, 0.29) is 22.3 Å². The van der Waals surface area contributed by atoms with Crippen molar-refractivity contribution in [3.8, 4) is 0 Å². The lowest BCUT2D eigenvalue weighted by atomic mass is 10.2. The van der Waals surface area contributed by atoms with Crippen molar-refractivity contribution in [1.29, 1.82) is 0 Å². The molecule has 1 heterocycles. The second kappa shape index (κ2) is 6.15. The molecule has 0 spiro atoms. The molecular weight excluding hydrogens is 305 g/mol. The predicted molar refractivity (Wildman–Crippen MR) is 77.1 cm³/mol. The molecule has 1 aromatic heterocycles. The highest BCUT2D eigenvalue weighted by molar-refractivity contribution is 7.09. The van der Waals surface area contributed by atoms with Crippen LogP contribution >= 0.6 is 22.9 Å². The van der Waals surface area contributed by atoms with E-state index in [4.69, 9.17) is 11.6 Å². The lowest BCUT2D eigenvalue weighted by molar-refractivity contribution is -0.384. The highest BCUT2D eigenvalue weighted by Gasteiger charge is 2.18. The fourth-order valence-electron chi connectivity index (χ4n) is 1.66. The van der Waals surface area contributed by atoms with Crippen molar-refractivity contribution in [2.24, 2.45) is 0 Å². The first-order valence-corrected chi connectivity index (χ1v) is 7.01. The third-order valence-electron chi connectivity index (χ3n) is 2.71. The van der Waals surface area contributed by atoms with E-state index in [9.17, 15) is 14.5 Å². The van der Waals surface area contributed by atoms with Crippen molar-refractivity contribution < 1.29 is 9.31 Å². The summed E-state index contributed by atoms with van der Waals surface area (Å²) < 4.78 is 13.3. The number of aromatic nitrogens is 1. The molecule has 0 aliphatic rings. The van der Waals surface area contributed by atoms with E-state index in [0.717, 1.165) is 11.1 Å². The molecular formula is C12H11ClFN3O2S. The minimum absolute atomic E-state index is 0.0819. The lowest BCUT2D eigenvalue weighted by Crippen LogP contribution is -2.11. The number of anilines is 1. The van der Waals surface area contributed by atoms with Gasteiger partial charge in [-0.15, -0.1) is 11.3 Å². The van der Waals surface area contributed by atoms with Crippen LogP contribution in [0.4, 0.5) is 15.8 Å². The van der Waals surface area contributed by atoms with Crippen LogP contribution in [0.1, 0.15) is 17.8 Å². The van der Waals surface area contributed by atoms with Crippen LogP contribution in [-0.2, 0) is 0 Å². The molecule has 0 radical (unpaired) electrons. The average Bonchev–Trinajstić information content (AvgIpc) is 2.93. The molecule has 5 nitrogen and oxygen atoms in total. The molecule has 1 aromatic carbocycles. The quantitative estimate of drug-likeness (QED) is 0.667. The molecule has 0 amide bonds. The van der Waals surface area contributed by atoms with Crippen LogP contribution in [0, 0.1) is 15.9 Å². The number of hydrogen-bond donors (Lipinski definition) is 1. The van der Waals surface area contributed by atoms with E-state index in [1.807, 2.05) is 12.3 Å². The van der Waals surface area contributed by atoms with Gasteiger partial charge in [0, 0.05) is 24.0 Å². The van der Waals surface area contributed by atoms with Gasteiger partial charge in [0.05, 0.1) is 21.0 Å². The van der Waals surface area contributed by atoms with E-state index in [1.54, 1.807) is 6.20 Å². The van der Waals surface area contributed by atoms with Crippen LogP contribution < -0.4 is 5.32 Å². The molecule has 106 valence electrons. The molecule has 0 bridgehead atoms. The van der Waals surface area contributed by atoms with Crippen LogP contribution in [0.2, 0.25) is 5.02 Å². The summed E-state index contributed by atoms with van der Waals surface area (Å²) in [6.07, 6.45) is 1.70. The first-order valence-electron chi connectivity index (χ1n) is 5.75. The summed E-state index contributed by atoms with van der Waals surface area (Å²) in [5, 5.41) is 16.5. The number of halogens is 2. The van der Waals surface area contributed by atoms with Gasteiger partial charge in [0.25, 0.3) is 5.69 Å². The molecule has 2 aromatic rings. The Morgan fingerprint density at radius 2 is 2.35 bits per heavy atom. The summed E-state index contributed by atoms with van der Waals surface area (Å²) in [7, 11) is 0. The smallest absolute Gasteiger partial charge is 0.295 e. The number of benzene rings is 1. The highest BCUT2D eigenvalue weighted by atomic mass is 35.5. The number of nitro benzene ring substituents is 1. The molecule has 0 saturated carbocycles. The van der Waals surface area contributed by atoms with Crippen LogP contribution in [0.5, 0.6) is 0 Å².